The summed E-state index contributed by atoms with van der Waals surface area (Å²) < 4.78 is 7.90. The maximum absolute atomic E-state index is 12.0. The maximum atomic E-state index is 12.0. The molecule has 0 aliphatic heterocycles. The second kappa shape index (κ2) is 6.26. The van der Waals surface area contributed by atoms with Crippen molar-refractivity contribution in [3.63, 3.8) is 0 Å². The Bertz CT molecular complexity index is 927. The van der Waals surface area contributed by atoms with Crippen LogP contribution in [0.1, 0.15) is 5.56 Å². The molecular formula is C17H16N2O3S. The Kier molecular flexibility index (Phi) is 4.16. The molecule has 1 amide bonds. The molecule has 3 rings (SSSR count). The van der Waals surface area contributed by atoms with E-state index in [2.05, 4.69) is 5.32 Å². The molecule has 0 aliphatic carbocycles. The number of fused-ring (bicyclic) bond motifs is 1. The van der Waals surface area contributed by atoms with E-state index in [1.807, 2.05) is 37.3 Å². The Labute approximate surface area is 137 Å². The minimum atomic E-state index is -0.242. The molecule has 0 fully saturated rings. The minimum absolute atomic E-state index is 0.0220. The first-order valence-corrected chi connectivity index (χ1v) is 7.93. The number of rotatable bonds is 4. The average Bonchev–Trinajstić information content (AvgIpc) is 2.80. The van der Waals surface area contributed by atoms with Crippen molar-refractivity contribution in [3.8, 4) is 5.75 Å². The average molecular weight is 328 g/mol. The van der Waals surface area contributed by atoms with Crippen LogP contribution in [0.4, 0.5) is 5.69 Å². The minimum Gasteiger partial charge on any atom is -0.484 e. The van der Waals surface area contributed by atoms with E-state index in [0.29, 0.717) is 11.4 Å². The number of hydrogen-bond donors (Lipinski definition) is 1. The van der Waals surface area contributed by atoms with Gasteiger partial charge in [-0.2, -0.15) is 0 Å². The standard InChI is InChI=1S/C17H16N2O3S/c1-11-4-3-5-13(8-11)22-10-16(20)18-12-6-7-14-15(9-12)23-17(21)19(14)2/h3-9H,10H2,1-2H3,(H,18,20). The summed E-state index contributed by atoms with van der Waals surface area (Å²) in [5, 5.41) is 2.78. The molecule has 0 radical (unpaired) electrons. The number of aromatic nitrogens is 1. The van der Waals surface area contributed by atoms with Crippen LogP contribution in [0.25, 0.3) is 10.2 Å². The van der Waals surface area contributed by atoms with Crippen molar-refractivity contribution in [2.75, 3.05) is 11.9 Å². The lowest BCUT2D eigenvalue weighted by Crippen LogP contribution is -2.20. The van der Waals surface area contributed by atoms with Crippen LogP contribution in [0.15, 0.2) is 47.3 Å². The van der Waals surface area contributed by atoms with Crippen LogP contribution >= 0.6 is 11.3 Å². The van der Waals surface area contributed by atoms with Crippen molar-refractivity contribution in [1.82, 2.24) is 4.57 Å². The van der Waals surface area contributed by atoms with E-state index in [0.717, 1.165) is 27.1 Å². The van der Waals surface area contributed by atoms with E-state index >= 15 is 0 Å². The Balaban J connectivity index is 1.67. The number of thiazole rings is 1. The first-order chi connectivity index (χ1) is 11.0. The lowest BCUT2D eigenvalue weighted by molar-refractivity contribution is -0.118. The molecule has 1 heterocycles. The van der Waals surface area contributed by atoms with Crippen LogP contribution in [-0.4, -0.2) is 17.1 Å². The molecule has 3 aromatic rings. The van der Waals surface area contributed by atoms with Gasteiger partial charge in [-0.05, 0) is 42.8 Å². The summed E-state index contributed by atoms with van der Waals surface area (Å²) in [7, 11) is 1.73. The zero-order chi connectivity index (χ0) is 16.4. The van der Waals surface area contributed by atoms with Crippen molar-refractivity contribution in [2.24, 2.45) is 7.05 Å². The molecule has 0 atom stereocenters. The summed E-state index contributed by atoms with van der Waals surface area (Å²) >= 11 is 1.16. The molecule has 1 aromatic heterocycles. The third-order valence-electron chi connectivity index (χ3n) is 3.44. The van der Waals surface area contributed by atoms with Gasteiger partial charge in [0.1, 0.15) is 5.75 Å². The van der Waals surface area contributed by atoms with Gasteiger partial charge in [0.15, 0.2) is 6.61 Å². The highest BCUT2D eigenvalue weighted by Crippen LogP contribution is 2.21. The van der Waals surface area contributed by atoms with Crippen LogP contribution in [0.5, 0.6) is 5.75 Å². The van der Waals surface area contributed by atoms with Gasteiger partial charge in [-0.3, -0.25) is 9.59 Å². The van der Waals surface area contributed by atoms with Crippen molar-refractivity contribution in [1.29, 1.82) is 0 Å². The summed E-state index contributed by atoms with van der Waals surface area (Å²) in [4.78, 5) is 23.6. The highest BCUT2D eigenvalue weighted by Gasteiger charge is 2.08. The molecule has 118 valence electrons. The van der Waals surface area contributed by atoms with Crippen molar-refractivity contribution in [3.05, 3.63) is 57.7 Å². The molecule has 0 aliphatic rings. The monoisotopic (exact) mass is 328 g/mol. The van der Waals surface area contributed by atoms with Crippen LogP contribution in [0, 0.1) is 6.92 Å². The molecule has 2 aromatic carbocycles. The second-order valence-corrected chi connectivity index (χ2v) is 6.26. The van der Waals surface area contributed by atoms with Gasteiger partial charge in [0.25, 0.3) is 5.91 Å². The maximum Gasteiger partial charge on any atom is 0.307 e. The van der Waals surface area contributed by atoms with Gasteiger partial charge < -0.3 is 14.6 Å². The summed E-state index contributed by atoms with van der Waals surface area (Å²) in [6.07, 6.45) is 0. The molecule has 0 bridgehead atoms. The lowest BCUT2D eigenvalue weighted by Gasteiger charge is -2.08. The van der Waals surface area contributed by atoms with Crippen LogP contribution in [0.2, 0.25) is 0 Å². The number of nitrogens with one attached hydrogen (secondary N) is 1. The molecule has 1 N–H and O–H groups in total. The number of anilines is 1. The predicted octanol–water partition coefficient (Wildman–Crippen LogP) is 2.93. The summed E-state index contributed by atoms with van der Waals surface area (Å²) in [5.74, 6) is 0.422. The van der Waals surface area contributed by atoms with Crippen molar-refractivity contribution < 1.29 is 9.53 Å². The molecule has 5 nitrogen and oxygen atoms in total. The number of amides is 1. The van der Waals surface area contributed by atoms with Crippen LogP contribution < -0.4 is 14.9 Å². The van der Waals surface area contributed by atoms with E-state index in [9.17, 15) is 9.59 Å². The third kappa shape index (κ3) is 3.43. The molecule has 0 unspecified atom stereocenters. The van der Waals surface area contributed by atoms with E-state index in [1.165, 1.54) is 0 Å². The highest BCUT2D eigenvalue weighted by atomic mass is 32.1. The predicted molar refractivity (Wildman–Crippen MR) is 92.4 cm³/mol. The lowest BCUT2D eigenvalue weighted by atomic mass is 10.2. The number of ether oxygens (including phenoxy) is 1. The number of aryl methyl sites for hydroxylation is 2. The van der Waals surface area contributed by atoms with Crippen molar-refractivity contribution in [2.45, 2.75) is 6.92 Å². The van der Waals surface area contributed by atoms with E-state index in [1.54, 1.807) is 23.7 Å². The smallest absolute Gasteiger partial charge is 0.307 e. The van der Waals surface area contributed by atoms with Gasteiger partial charge in [0.2, 0.25) is 0 Å². The van der Waals surface area contributed by atoms with E-state index in [-0.39, 0.29) is 17.4 Å². The Morgan fingerprint density at radius 2 is 2.09 bits per heavy atom. The van der Waals surface area contributed by atoms with Crippen LogP contribution in [-0.2, 0) is 11.8 Å². The zero-order valence-corrected chi connectivity index (χ0v) is 13.6. The van der Waals surface area contributed by atoms with Gasteiger partial charge in [-0.25, -0.2) is 0 Å². The van der Waals surface area contributed by atoms with Crippen LogP contribution in [0.3, 0.4) is 0 Å². The van der Waals surface area contributed by atoms with Crippen molar-refractivity contribution >= 4 is 33.1 Å². The summed E-state index contributed by atoms with van der Waals surface area (Å²) in [5.41, 5.74) is 2.58. The SMILES string of the molecule is Cc1cccc(OCC(=O)Nc2ccc3c(c2)sc(=O)n3C)c1. The second-order valence-electron chi connectivity index (χ2n) is 5.26. The summed E-state index contributed by atoms with van der Waals surface area (Å²) in [6, 6.07) is 12.9. The third-order valence-corrected chi connectivity index (χ3v) is 4.43. The molecule has 6 heteroatoms. The van der Waals surface area contributed by atoms with Gasteiger partial charge in [0, 0.05) is 12.7 Å². The molecule has 0 saturated heterocycles. The van der Waals surface area contributed by atoms with Gasteiger partial charge in [-0.15, -0.1) is 0 Å². The van der Waals surface area contributed by atoms with Gasteiger partial charge >= 0.3 is 4.87 Å². The molecule has 0 saturated carbocycles. The zero-order valence-electron chi connectivity index (χ0n) is 12.8. The topological polar surface area (TPSA) is 60.3 Å². The van der Waals surface area contributed by atoms with E-state index in [4.69, 9.17) is 4.74 Å². The number of hydrogen-bond acceptors (Lipinski definition) is 4. The number of nitrogens with zero attached hydrogens (tertiary/aromatic N) is 1. The van der Waals surface area contributed by atoms with Gasteiger partial charge in [0.05, 0.1) is 10.2 Å². The fraction of sp³-hybridized carbons (Fsp3) is 0.176. The number of benzene rings is 2. The molecule has 0 spiro atoms. The van der Waals surface area contributed by atoms with E-state index < -0.39 is 0 Å². The molecule has 23 heavy (non-hydrogen) atoms. The fourth-order valence-corrected chi connectivity index (χ4v) is 3.18. The quantitative estimate of drug-likeness (QED) is 0.801. The normalized spacial score (nSPS) is 10.7. The number of carbonyl (C=O) groups is 1. The molecular weight excluding hydrogens is 312 g/mol. The summed E-state index contributed by atoms with van der Waals surface area (Å²) in [6.45, 7) is 1.90. The van der Waals surface area contributed by atoms with Gasteiger partial charge in [-0.1, -0.05) is 23.5 Å². The number of carbonyl (C=O) groups excluding carboxylic acids is 1. The fourth-order valence-electron chi connectivity index (χ4n) is 2.26. The highest BCUT2D eigenvalue weighted by molar-refractivity contribution is 7.16. The first kappa shape index (κ1) is 15.3. The Morgan fingerprint density at radius 3 is 2.87 bits per heavy atom. The Morgan fingerprint density at radius 1 is 1.26 bits per heavy atom. The Hall–Kier alpha value is -2.60. The largest absolute Gasteiger partial charge is 0.484 e. The first-order valence-electron chi connectivity index (χ1n) is 7.12.